The Morgan fingerprint density at radius 2 is 1.85 bits per heavy atom. The fraction of sp³-hybridized carbons (Fsp3) is 0.714. The standard InChI is InChI=1S/C7H8F3NO2/c8-7(9,10)6(13)11-3-5(12)4-1-2-4/h4H,1-3H2,(H,11,13). The van der Waals surface area contributed by atoms with Crippen LogP contribution in [0.15, 0.2) is 0 Å². The van der Waals surface area contributed by atoms with Crippen LogP contribution < -0.4 is 5.32 Å². The van der Waals surface area contributed by atoms with Gasteiger partial charge in [-0.05, 0) is 12.8 Å². The number of rotatable bonds is 3. The van der Waals surface area contributed by atoms with Crippen LogP contribution in [0.3, 0.4) is 0 Å². The van der Waals surface area contributed by atoms with E-state index in [4.69, 9.17) is 0 Å². The predicted molar refractivity (Wildman–Crippen MR) is 36.8 cm³/mol. The average molecular weight is 195 g/mol. The Kier molecular flexibility index (Phi) is 2.58. The number of carbonyl (C=O) groups excluding carboxylic acids is 2. The summed E-state index contributed by atoms with van der Waals surface area (Å²) in [7, 11) is 0. The number of alkyl halides is 3. The van der Waals surface area contributed by atoms with Gasteiger partial charge < -0.3 is 5.32 Å². The SMILES string of the molecule is O=C(CNC(=O)C(F)(F)F)C1CC1. The summed E-state index contributed by atoms with van der Waals surface area (Å²) in [5, 5.41) is 1.53. The molecule has 0 aromatic rings. The van der Waals surface area contributed by atoms with Gasteiger partial charge in [0.1, 0.15) is 0 Å². The summed E-state index contributed by atoms with van der Waals surface area (Å²) in [6.07, 6.45) is -3.45. The zero-order valence-electron chi connectivity index (χ0n) is 6.65. The molecule has 0 aliphatic heterocycles. The maximum absolute atomic E-state index is 11.6. The summed E-state index contributed by atoms with van der Waals surface area (Å²) in [5.41, 5.74) is 0. The Hall–Kier alpha value is -1.07. The van der Waals surface area contributed by atoms with Gasteiger partial charge in [-0.2, -0.15) is 13.2 Å². The molecule has 0 unspecified atom stereocenters. The highest BCUT2D eigenvalue weighted by atomic mass is 19.4. The van der Waals surface area contributed by atoms with Gasteiger partial charge in [-0.3, -0.25) is 9.59 Å². The third-order valence-corrected chi connectivity index (χ3v) is 1.71. The first-order valence-electron chi connectivity index (χ1n) is 3.79. The van der Waals surface area contributed by atoms with Gasteiger partial charge in [0.05, 0.1) is 6.54 Å². The molecule has 0 radical (unpaired) electrons. The molecule has 1 aliphatic rings. The zero-order valence-corrected chi connectivity index (χ0v) is 6.65. The third-order valence-electron chi connectivity index (χ3n) is 1.71. The van der Waals surface area contributed by atoms with E-state index in [-0.39, 0.29) is 11.7 Å². The Bertz CT molecular complexity index is 232. The number of Topliss-reactive ketones (excluding diaryl/α,β-unsaturated/α-hetero) is 1. The number of nitrogens with one attached hydrogen (secondary N) is 1. The molecule has 0 aromatic carbocycles. The van der Waals surface area contributed by atoms with Crippen molar-refractivity contribution in [2.45, 2.75) is 19.0 Å². The lowest BCUT2D eigenvalue weighted by molar-refractivity contribution is -0.173. The minimum absolute atomic E-state index is 0.131. The van der Waals surface area contributed by atoms with Crippen LogP contribution in [0, 0.1) is 5.92 Å². The molecule has 74 valence electrons. The van der Waals surface area contributed by atoms with Crippen LogP contribution >= 0.6 is 0 Å². The van der Waals surface area contributed by atoms with Crippen molar-refractivity contribution < 1.29 is 22.8 Å². The number of ketones is 1. The predicted octanol–water partition coefficient (Wildman–Crippen LogP) is 0.644. The molecule has 1 aliphatic carbocycles. The van der Waals surface area contributed by atoms with Gasteiger partial charge in [0.25, 0.3) is 0 Å². The van der Waals surface area contributed by atoms with Gasteiger partial charge in [-0.25, -0.2) is 0 Å². The molecule has 0 heterocycles. The van der Waals surface area contributed by atoms with Crippen LogP contribution in [0.4, 0.5) is 13.2 Å². The Balaban J connectivity index is 2.25. The number of carbonyl (C=O) groups is 2. The summed E-state index contributed by atoms with van der Waals surface area (Å²) in [4.78, 5) is 21.1. The molecule has 1 fully saturated rings. The Labute approximate surface area is 72.3 Å². The number of amides is 1. The second kappa shape index (κ2) is 3.35. The van der Waals surface area contributed by atoms with Gasteiger partial charge in [0, 0.05) is 5.92 Å². The van der Waals surface area contributed by atoms with E-state index in [9.17, 15) is 22.8 Å². The maximum atomic E-state index is 11.6. The number of hydrogen-bond acceptors (Lipinski definition) is 2. The quantitative estimate of drug-likeness (QED) is 0.718. The second-order valence-electron chi connectivity index (χ2n) is 2.92. The summed E-state index contributed by atoms with van der Waals surface area (Å²) in [6, 6.07) is 0. The monoisotopic (exact) mass is 195 g/mol. The average Bonchev–Trinajstić information content (AvgIpc) is 2.79. The van der Waals surface area contributed by atoms with Crippen molar-refractivity contribution in [2.75, 3.05) is 6.54 Å². The lowest BCUT2D eigenvalue weighted by Gasteiger charge is -2.06. The first-order chi connectivity index (χ1) is 5.91. The summed E-state index contributed by atoms with van der Waals surface area (Å²) in [5.74, 6) is -2.51. The van der Waals surface area contributed by atoms with Crippen LogP contribution in [-0.2, 0) is 9.59 Å². The van der Waals surface area contributed by atoms with Crippen LogP contribution in [0.2, 0.25) is 0 Å². The van der Waals surface area contributed by atoms with Crippen LogP contribution in [0.5, 0.6) is 0 Å². The van der Waals surface area contributed by atoms with Gasteiger partial charge in [0.15, 0.2) is 5.78 Å². The molecule has 1 N–H and O–H groups in total. The van der Waals surface area contributed by atoms with E-state index in [1.54, 1.807) is 0 Å². The van der Waals surface area contributed by atoms with Crippen molar-refractivity contribution in [1.82, 2.24) is 5.32 Å². The smallest absolute Gasteiger partial charge is 0.341 e. The molecule has 13 heavy (non-hydrogen) atoms. The molecule has 1 amide bonds. The lowest BCUT2D eigenvalue weighted by Crippen LogP contribution is -2.39. The number of hydrogen-bond donors (Lipinski definition) is 1. The Morgan fingerprint density at radius 3 is 2.23 bits per heavy atom. The highest BCUT2D eigenvalue weighted by molar-refractivity contribution is 5.90. The molecule has 0 saturated heterocycles. The zero-order chi connectivity index (χ0) is 10.1. The van der Waals surface area contributed by atoms with E-state index in [2.05, 4.69) is 0 Å². The summed E-state index contributed by atoms with van der Waals surface area (Å²) in [6.45, 7) is -0.511. The van der Waals surface area contributed by atoms with Gasteiger partial charge in [-0.1, -0.05) is 0 Å². The van der Waals surface area contributed by atoms with E-state index in [1.807, 2.05) is 0 Å². The van der Waals surface area contributed by atoms with E-state index in [0.717, 1.165) is 12.8 Å². The van der Waals surface area contributed by atoms with Crippen molar-refractivity contribution in [2.24, 2.45) is 5.92 Å². The first kappa shape index (κ1) is 10.0. The van der Waals surface area contributed by atoms with Crippen LogP contribution in [0.1, 0.15) is 12.8 Å². The van der Waals surface area contributed by atoms with Crippen molar-refractivity contribution in [3.05, 3.63) is 0 Å². The molecule has 6 heteroatoms. The molecule has 1 saturated carbocycles. The topological polar surface area (TPSA) is 46.2 Å². The minimum Gasteiger partial charge on any atom is -0.341 e. The highest BCUT2D eigenvalue weighted by Gasteiger charge is 2.39. The van der Waals surface area contributed by atoms with Crippen LogP contribution in [0.25, 0.3) is 0 Å². The maximum Gasteiger partial charge on any atom is 0.471 e. The third kappa shape index (κ3) is 3.04. The fourth-order valence-corrected chi connectivity index (χ4v) is 0.817. The summed E-state index contributed by atoms with van der Waals surface area (Å²) < 4.78 is 34.8. The Morgan fingerprint density at radius 1 is 1.31 bits per heavy atom. The molecular weight excluding hydrogens is 187 g/mol. The normalized spacial score (nSPS) is 16.8. The minimum atomic E-state index is -4.90. The van der Waals surface area contributed by atoms with Gasteiger partial charge in [-0.15, -0.1) is 0 Å². The van der Waals surface area contributed by atoms with Crippen molar-refractivity contribution >= 4 is 11.7 Å². The van der Waals surface area contributed by atoms with Gasteiger partial charge >= 0.3 is 12.1 Å². The lowest BCUT2D eigenvalue weighted by atomic mass is 10.2. The number of halogens is 3. The summed E-state index contributed by atoms with van der Waals surface area (Å²) >= 11 is 0. The van der Waals surface area contributed by atoms with E-state index >= 15 is 0 Å². The molecule has 3 nitrogen and oxygen atoms in total. The molecule has 1 rings (SSSR count). The largest absolute Gasteiger partial charge is 0.471 e. The van der Waals surface area contributed by atoms with Gasteiger partial charge in [0.2, 0.25) is 0 Å². The molecule has 0 spiro atoms. The van der Waals surface area contributed by atoms with Crippen molar-refractivity contribution in [3.8, 4) is 0 Å². The second-order valence-corrected chi connectivity index (χ2v) is 2.92. The van der Waals surface area contributed by atoms with Crippen molar-refractivity contribution in [3.63, 3.8) is 0 Å². The molecule has 0 bridgehead atoms. The fourth-order valence-electron chi connectivity index (χ4n) is 0.817. The highest BCUT2D eigenvalue weighted by Crippen LogP contribution is 2.29. The van der Waals surface area contributed by atoms with E-state index < -0.39 is 18.6 Å². The van der Waals surface area contributed by atoms with Crippen LogP contribution in [-0.4, -0.2) is 24.4 Å². The first-order valence-corrected chi connectivity index (χ1v) is 3.79. The molecular formula is C7H8F3NO2. The van der Waals surface area contributed by atoms with Crippen molar-refractivity contribution in [1.29, 1.82) is 0 Å². The van der Waals surface area contributed by atoms with E-state index in [1.165, 1.54) is 5.32 Å². The molecule has 0 aromatic heterocycles. The molecule has 0 atom stereocenters. The van der Waals surface area contributed by atoms with E-state index in [0.29, 0.717) is 0 Å².